The molecular weight excluding hydrogens is 769 g/mol. The standard InChI is InChI=1S/C41H42F5N5O7/c1-40(2,3)57-38(54)49-15-7-9-25(49)35(52)47-21-12-14-24-20(17-21)18-27-23-13-11-22(48-36(53)26-10-8-16-50(26)39(55)58-41(4,5)6)19-28(23)56-37(51(24)27)29-30(42)32(44)34(46)33(45)31(29)43/h11-14,17-19,25-26,37H,7-10,15-16H2,1-6H3,(H,47,52)(H,48,53)/t25-,26-,37-/m0/s1. The molecule has 2 N–H and O–H groups in total. The number of carbonyl (C=O) groups excluding carboxylic acids is 4. The van der Waals surface area contributed by atoms with Crippen LogP contribution in [-0.2, 0) is 19.1 Å². The third-order valence-corrected chi connectivity index (χ3v) is 9.96. The van der Waals surface area contributed by atoms with Crippen molar-refractivity contribution in [3.05, 3.63) is 77.1 Å². The molecule has 3 aromatic carbocycles. The van der Waals surface area contributed by atoms with Crippen molar-refractivity contribution >= 4 is 46.3 Å². The quantitative estimate of drug-likeness (QED) is 0.117. The normalized spacial score (nSPS) is 19.1. The summed E-state index contributed by atoms with van der Waals surface area (Å²) in [5.41, 5.74) is -1.50. The van der Waals surface area contributed by atoms with E-state index in [1.807, 2.05) is 0 Å². The molecule has 4 heterocycles. The molecule has 2 saturated heterocycles. The zero-order chi connectivity index (χ0) is 42.0. The topological polar surface area (TPSA) is 131 Å². The number of hydrogen-bond donors (Lipinski definition) is 2. The first-order chi connectivity index (χ1) is 27.2. The molecule has 0 radical (unpaired) electrons. The van der Waals surface area contributed by atoms with Gasteiger partial charge in [-0.1, -0.05) is 0 Å². The van der Waals surface area contributed by atoms with Gasteiger partial charge in [0.25, 0.3) is 0 Å². The van der Waals surface area contributed by atoms with Crippen LogP contribution in [0.15, 0.2) is 42.5 Å². The average molecular weight is 812 g/mol. The number of carbonyl (C=O) groups is 4. The summed E-state index contributed by atoms with van der Waals surface area (Å²) >= 11 is 0. The molecule has 1 aromatic heterocycles. The highest BCUT2D eigenvalue weighted by Gasteiger charge is 2.40. The van der Waals surface area contributed by atoms with Crippen LogP contribution in [0.4, 0.5) is 42.9 Å². The summed E-state index contributed by atoms with van der Waals surface area (Å²) in [6.07, 6.45) is -1.32. The Morgan fingerprint density at radius 3 is 1.67 bits per heavy atom. The smallest absolute Gasteiger partial charge is 0.410 e. The number of rotatable bonds is 5. The van der Waals surface area contributed by atoms with Crippen LogP contribution in [0.1, 0.15) is 79.0 Å². The van der Waals surface area contributed by atoms with Gasteiger partial charge >= 0.3 is 12.2 Å². The fraction of sp³-hybridized carbons (Fsp3) is 0.415. The molecule has 7 rings (SSSR count). The van der Waals surface area contributed by atoms with Gasteiger partial charge in [0, 0.05) is 41.5 Å². The Hall–Kier alpha value is -5.87. The second-order valence-corrected chi connectivity index (χ2v) is 16.5. The van der Waals surface area contributed by atoms with E-state index in [1.54, 1.807) is 59.7 Å². The molecule has 12 nitrogen and oxygen atoms in total. The summed E-state index contributed by atoms with van der Waals surface area (Å²) in [7, 11) is 0. The number of aromatic nitrogens is 1. The predicted octanol–water partition coefficient (Wildman–Crippen LogP) is 8.62. The second kappa shape index (κ2) is 14.8. The van der Waals surface area contributed by atoms with Crippen molar-refractivity contribution < 1.29 is 55.3 Å². The molecule has 58 heavy (non-hydrogen) atoms. The highest BCUT2D eigenvalue weighted by Crippen LogP contribution is 2.47. The van der Waals surface area contributed by atoms with Gasteiger partial charge in [-0.15, -0.1) is 0 Å². The molecule has 4 aromatic rings. The molecule has 0 aliphatic carbocycles. The van der Waals surface area contributed by atoms with Gasteiger partial charge in [-0.2, -0.15) is 0 Å². The molecule has 0 bridgehead atoms. The first kappa shape index (κ1) is 40.3. The minimum absolute atomic E-state index is 0.0607. The van der Waals surface area contributed by atoms with Crippen molar-refractivity contribution in [1.82, 2.24) is 14.4 Å². The molecule has 3 atom stereocenters. The van der Waals surface area contributed by atoms with Gasteiger partial charge in [-0.25, -0.2) is 31.5 Å². The Bertz CT molecular complexity index is 2320. The third kappa shape index (κ3) is 7.61. The van der Waals surface area contributed by atoms with Crippen molar-refractivity contribution in [3.8, 4) is 17.0 Å². The molecule has 0 unspecified atom stereocenters. The molecule has 4 amide bonds. The van der Waals surface area contributed by atoms with Crippen LogP contribution < -0.4 is 15.4 Å². The minimum atomic E-state index is -2.34. The van der Waals surface area contributed by atoms with Crippen LogP contribution in [0, 0.1) is 29.1 Å². The van der Waals surface area contributed by atoms with E-state index < -0.39 is 88.2 Å². The number of fused-ring (bicyclic) bond motifs is 5. The van der Waals surface area contributed by atoms with Crippen LogP contribution >= 0.6 is 0 Å². The number of anilines is 2. The van der Waals surface area contributed by atoms with E-state index >= 15 is 8.78 Å². The fourth-order valence-corrected chi connectivity index (χ4v) is 7.49. The lowest BCUT2D eigenvalue weighted by molar-refractivity contribution is -0.121. The van der Waals surface area contributed by atoms with E-state index in [9.17, 15) is 32.3 Å². The molecular formula is C41H42F5N5O7. The minimum Gasteiger partial charge on any atom is -0.465 e. The lowest BCUT2D eigenvalue weighted by atomic mass is 10.0. The summed E-state index contributed by atoms with van der Waals surface area (Å²) in [5, 5.41) is 5.95. The molecule has 0 saturated carbocycles. The molecule has 3 aliphatic rings. The molecule has 2 fully saturated rings. The number of likely N-dealkylation sites (tertiary alicyclic amines) is 2. The zero-order valence-electron chi connectivity index (χ0n) is 32.6. The number of halogens is 5. The van der Waals surface area contributed by atoms with Crippen molar-refractivity contribution in [2.75, 3.05) is 23.7 Å². The molecule has 308 valence electrons. The van der Waals surface area contributed by atoms with Crippen LogP contribution in [0.2, 0.25) is 0 Å². The Labute approximate surface area is 330 Å². The van der Waals surface area contributed by atoms with E-state index in [2.05, 4.69) is 10.6 Å². The average Bonchev–Trinajstić information content (AvgIpc) is 3.91. The summed E-state index contributed by atoms with van der Waals surface area (Å²) in [6.45, 7) is 10.9. The fourth-order valence-electron chi connectivity index (χ4n) is 7.49. The van der Waals surface area contributed by atoms with Crippen LogP contribution in [0.25, 0.3) is 22.2 Å². The lowest BCUT2D eigenvalue weighted by Crippen LogP contribution is -2.45. The maximum absolute atomic E-state index is 15.5. The SMILES string of the molecule is CC(C)(C)OC(=O)N1CCC[C@H]1C(=O)Nc1ccc2c(c1)O[C@@H](c1c(F)c(F)c(F)c(F)c1F)n1c-2cc2cc(NC(=O)[C@@H]3CCCN3C(=O)OC(C)(C)C)ccc21. The second-order valence-electron chi connectivity index (χ2n) is 16.5. The number of hydrogen-bond acceptors (Lipinski definition) is 7. The number of nitrogens with one attached hydrogen (secondary N) is 2. The number of nitrogens with zero attached hydrogens (tertiary/aromatic N) is 3. The molecule has 0 spiro atoms. The van der Waals surface area contributed by atoms with Gasteiger partial charge < -0.3 is 29.4 Å². The van der Waals surface area contributed by atoms with Gasteiger partial charge in [-0.3, -0.25) is 19.4 Å². The van der Waals surface area contributed by atoms with Crippen molar-refractivity contribution in [1.29, 1.82) is 0 Å². The van der Waals surface area contributed by atoms with Gasteiger partial charge in [0.2, 0.25) is 23.9 Å². The first-order valence-electron chi connectivity index (χ1n) is 18.8. The predicted molar refractivity (Wildman–Crippen MR) is 202 cm³/mol. The van der Waals surface area contributed by atoms with Gasteiger partial charge in [0.1, 0.15) is 29.0 Å². The molecule has 3 aliphatic heterocycles. The van der Waals surface area contributed by atoms with E-state index in [-0.39, 0.29) is 22.6 Å². The Morgan fingerprint density at radius 2 is 1.16 bits per heavy atom. The third-order valence-electron chi connectivity index (χ3n) is 9.96. The van der Waals surface area contributed by atoms with E-state index in [1.165, 1.54) is 38.6 Å². The van der Waals surface area contributed by atoms with Crippen LogP contribution in [0.3, 0.4) is 0 Å². The highest BCUT2D eigenvalue weighted by molar-refractivity contribution is 6.00. The summed E-state index contributed by atoms with van der Waals surface area (Å²) in [6, 6.07) is 8.92. The zero-order valence-corrected chi connectivity index (χ0v) is 32.6. The van der Waals surface area contributed by atoms with Crippen molar-refractivity contribution in [2.24, 2.45) is 0 Å². The Balaban J connectivity index is 1.23. The summed E-state index contributed by atoms with van der Waals surface area (Å²) in [5.74, 6) is -11.9. The number of ether oxygens (including phenoxy) is 3. The largest absolute Gasteiger partial charge is 0.465 e. The van der Waals surface area contributed by atoms with E-state index in [0.29, 0.717) is 55.4 Å². The summed E-state index contributed by atoms with van der Waals surface area (Å²) in [4.78, 5) is 55.3. The molecule has 17 heteroatoms. The van der Waals surface area contributed by atoms with E-state index in [4.69, 9.17) is 14.2 Å². The lowest BCUT2D eigenvalue weighted by Gasteiger charge is -2.31. The maximum atomic E-state index is 15.5. The first-order valence-corrected chi connectivity index (χ1v) is 18.8. The van der Waals surface area contributed by atoms with Gasteiger partial charge in [-0.05, 0) is 104 Å². The highest BCUT2D eigenvalue weighted by atomic mass is 19.2. The number of benzene rings is 3. The van der Waals surface area contributed by atoms with Crippen molar-refractivity contribution in [2.45, 2.75) is 96.7 Å². The van der Waals surface area contributed by atoms with Crippen LogP contribution in [-0.4, -0.2) is 74.7 Å². The Kier molecular flexibility index (Phi) is 10.3. The maximum Gasteiger partial charge on any atom is 0.410 e. The number of amides is 4. The van der Waals surface area contributed by atoms with Crippen molar-refractivity contribution in [3.63, 3.8) is 0 Å². The van der Waals surface area contributed by atoms with Gasteiger partial charge in [0.15, 0.2) is 23.3 Å². The van der Waals surface area contributed by atoms with Crippen LogP contribution in [0.5, 0.6) is 5.75 Å². The van der Waals surface area contributed by atoms with Gasteiger partial charge in [0.05, 0.1) is 16.8 Å². The van der Waals surface area contributed by atoms with E-state index in [0.717, 1.165) is 0 Å². The Morgan fingerprint density at radius 1 is 0.672 bits per heavy atom. The monoisotopic (exact) mass is 811 g/mol. The summed E-state index contributed by atoms with van der Waals surface area (Å²) < 4.78 is 93.0.